The summed E-state index contributed by atoms with van der Waals surface area (Å²) in [5.74, 6) is 0.965. The van der Waals surface area contributed by atoms with Gasteiger partial charge in [0.2, 0.25) is 0 Å². The van der Waals surface area contributed by atoms with Gasteiger partial charge >= 0.3 is 0 Å². The van der Waals surface area contributed by atoms with E-state index in [0.29, 0.717) is 6.04 Å². The predicted molar refractivity (Wildman–Crippen MR) is 73.1 cm³/mol. The summed E-state index contributed by atoms with van der Waals surface area (Å²) in [5, 5.41) is 0. The van der Waals surface area contributed by atoms with E-state index in [1.165, 1.54) is 45.2 Å². The molecule has 3 nitrogen and oxygen atoms in total. The minimum Gasteiger partial charge on any atom is -0.329 e. The van der Waals surface area contributed by atoms with Crippen molar-refractivity contribution in [1.82, 2.24) is 9.80 Å². The Morgan fingerprint density at radius 2 is 2.06 bits per heavy atom. The number of hydrogen-bond acceptors (Lipinski definition) is 3. The van der Waals surface area contributed by atoms with Crippen LogP contribution in [0.1, 0.15) is 39.0 Å². The van der Waals surface area contributed by atoms with E-state index in [-0.39, 0.29) is 0 Å². The van der Waals surface area contributed by atoms with Crippen LogP contribution in [0.4, 0.5) is 0 Å². The molecule has 2 aliphatic rings. The molecule has 0 radical (unpaired) electrons. The summed E-state index contributed by atoms with van der Waals surface area (Å²) < 4.78 is 0. The van der Waals surface area contributed by atoms with Crippen molar-refractivity contribution in [2.75, 3.05) is 33.2 Å². The first-order valence-electron chi connectivity index (χ1n) is 7.39. The quantitative estimate of drug-likeness (QED) is 0.811. The number of rotatable bonds is 3. The van der Waals surface area contributed by atoms with Crippen molar-refractivity contribution in [2.24, 2.45) is 11.7 Å². The van der Waals surface area contributed by atoms with Gasteiger partial charge in [0.15, 0.2) is 0 Å². The first-order valence-corrected chi connectivity index (χ1v) is 7.39. The normalized spacial score (nSPS) is 37.2. The Hall–Kier alpha value is -0.120. The Bertz CT molecular complexity index is 232. The number of hydrogen-bond donors (Lipinski definition) is 1. The molecule has 0 amide bonds. The number of likely N-dealkylation sites (N-methyl/N-ethyl adjacent to an activating group) is 1. The zero-order valence-electron chi connectivity index (χ0n) is 11.6. The second-order valence-electron chi connectivity index (χ2n) is 5.98. The maximum atomic E-state index is 5.96. The Labute approximate surface area is 106 Å². The van der Waals surface area contributed by atoms with Gasteiger partial charge in [-0.05, 0) is 25.8 Å². The lowest BCUT2D eigenvalue weighted by molar-refractivity contribution is 0.0307. The van der Waals surface area contributed by atoms with Crippen molar-refractivity contribution in [2.45, 2.75) is 51.1 Å². The molecule has 0 aromatic carbocycles. The largest absolute Gasteiger partial charge is 0.329 e. The van der Waals surface area contributed by atoms with E-state index >= 15 is 0 Å². The lowest BCUT2D eigenvalue weighted by Crippen LogP contribution is -2.58. The molecule has 17 heavy (non-hydrogen) atoms. The summed E-state index contributed by atoms with van der Waals surface area (Å²) in [6.45, 7) is 6.75. The van der Waals surface area contributed by atoms with Gasteiger partial charge in [-0.1, -0.05) is 26.2 Å². The van der Waals surface area contributed by atoms with Crippen molar-refractivity contribution >= 4 is 0 Å². The predicted octanol–water partition coefficient (Wildman–Crippen LogP) is 1.53. The highest BCUT2D eigenvalue weighted by molar-refractivity contribution is 4.89. The fraction of sp³-hybridized carbons (Fsp3) is 1.00. The van der Waals surface area contributed by atoms with Crippen LogP contribution in [0.2, 0.25) is 0 Å². The third kappa shape index (κ3) is 3.21. The molecule has 1 aliphatic carbocycles. The first kappa shape index (κ1) is 13.3. The zero-order valence-corrected chi connectivity index (χ0v) is 11.6. The topological polar surface area (TPSA) is 32.5 Å². The fourth-order valence-electron chi connectivity index (χ4n) is 3.65. The molecule has 3 heteroatoms. The van der Waals surface area contributed by atoms with Gasteiger partial charge in [0.25, 0.3) is 0 Å². The summed E-state index contributed by atoms with van der Waals surface area (Å²) in [4.78, 5) is 5.15. The van der Waals surface area contributed by atoms with Gasteiger partial charge in [0, 0.05) is 38.3 Å². The molecule has 0 bridgehead atoms. The Morgan fingerprint density at radius 3 is 2.76 bits per heavy atom. The fourth-order valence-corrected chi connectivity index (χ4v) is 3.65. The summed E-state index contributed by atoms with van der Waals surface area (Å²) >= 11 is 0. The summed E-state index contributed by atoms with van der Waals surface area (Å²) in [6, 6.07) is 1.41. The molecule has 1 saturated carbocycles. The van der Waals surface area contributed by atoms with Crippen LogP contribution in [0, 0.1) is 5.92 Å². The van der Waals surface area contributed by atoms with Crippen LogP contribution >= 0.6 is 0 Å². The molecule has 1 aliphatic heterocycles. The van der Waals surface area contributed by atoms with Crippen LogP contribution in [0.5, 0.6) is 0 Å². The smallest absolute Gasteiger partial charge is 0.0349 e. The lowest BCUT2D eigenvalue weighted by atomic mass is 9.82. The third-order valence-electron chi connectivity index (χ3n) is 4.80. The van der Waals surface area contributed by atoms with Gasteiger partial charge in [-0.3, -0.25) is 4.90 Å². The van der Waals surface area contributed by atoms with Gasteiger partial charge < -0.3 is 10.6 Å². The molecule has 0 aromatic heterocycles. The van der Waals surface area contributed by atoms with Crippen LogP contribution in [0.15, 0.2) is 0 Å². The minimum atomic E-state index is 0.592. The molecule has 1 heterocycles. The first-order chi connectivity index (χ1) is 8.24. The molecular weight excluding hydrogens is 210 g/mol. The van der Waals surface area contributed by atoms with Crippen LogP contribution in [0.3, 0.4) is 0 Å². The Morgan fingerprint density at radius 1 is 1.24 bits per heavy atom. The van der Waals surface area contributed by atoms with Gasteiger partial charge in [0.1, 0.15) is 0 Å². The highest BCUT2D eigenvalue weighted by Crippen LogP contribution is 2.31. The van der Waals surface area contributed by atoms with Gasteiger partial charge in [0.05, 0.1) is 0 Å². The molecule has 2 N–H and O–H groups in total. The van der Waals surface area contributed by atoms with Crippen molar-refractivity contribution in [3.8, 4) is 0 Å². The molecule has 1 saturated heterocycles. The SMILES string of the molecule is CCC1CCCC(N2CCN(C)CC2CN)C1. The van der Waals surface area contributed by atoms with E-state index in [1.807, 2.05) is 0 Å². The standard InChI is InChI=1S/C14H29N3/c1-3-12-5-4-6-13(9-12)17-8-7-16(2)11-14(17)10-15/h12-14H,3-11,15H2,1-2H3. The van der Waals surface area contributed by atoms with E-state index in [0.717, 1.165) is 25.0 Å². The van der Waals surface area contributed by atoms with Crippen molar-refractivity contribution in [1.29, 1.82) is 0 Å². The van der Waals surface area contributed by atoms with Crippen molar-refractivity contribution in [3.05, 3.63) is 0 Å². The summed E-state index contributed by atoms with van der Waals surface area (Å²) in [5.41, 5.74) is 5.96. The van der Waals surface area contributed by atoms with Crippen LogP contribution in [-0.2, 0) is 0 Å². The molecule has 3 unspecified atom stereocenters. The van der Waals surface area contributed by atoms with Gasteiger partial charge in [-0.15, -0.1) is 0 Å². The molecule has 3 atom stereocenters. The average Bonchev–Trinajstić information content (AvgIpc) is 2.38. The summed E-state index contributed by atoms with van der Waals surface area (Å²) in [6.07, 6.45) is 7.05. The Balaban J connectivity index is 1.95. The molecule has 2 fully saturated rings. The highest BCUT2D eigenvalue weighted by Gasteiger charge is 2.32. The number of piperazine rings is 1. The number of nitrogens with zero attached hydrogens (tertiary/aromatic N) is 2. The van der Waals surface area contributed by atoms with Gasteiger partial charge in [-0.25, -0.2) is 0 Å². The van der Waals surface area contributed by atoms with Crippen molar-refractivity contribution in [3.63, 3.8) is 0 Å². The van der Waals surface area contributed by atoms with Crippen LogP contribution in [-0.4, -0.2) is 55.1 Å². The molecule has 100 valence electrons. The second-order valence-corrected chi connectivity index (χ2v) is 5.98. The number of nitrogens with two attached hydrogens (primary N) is 1. The highest BCUT2D eigenvalue weighted by atomic mass is 15.3. The molecule has 0 aromatic rings. The molecular formula is C14H29N3. The van der Waals surface area contributed by atoms with E-state index in [9.17, 15) is 0 Å². The van der Waals surface area contributed by atoms with Gasteiger partial charge in [-0.2, -0.15) is 0 Å². The second kappa shape index (κ2) is 6.17. The monoisotopic (exact) mass is 239 g/mol. The lowest BCUT2D eigenvalue weighted by Gasteiger charge is -2.46. The van der Waals surface area contributed by atoms with Crippen LogP contribution < -0.4 is 5.73 Å². The summed E-state index contributed by atoms with van der Waals surface area (Å²) in [7, 11) is 2.22. The zero-order chi connectivity index (χ0) is 12.3. The third-order valence-corrected chi connectivity index (χ3v) is 4.80. The average molecular weight is 239 g/mol. The van der Waals surface area contributed by atoms with Crippen LogP contribution in [0.25, 0.3) is 0 Å². The Kier molecular flexibility index (Phi) is 4.83. The van der Waals surface area contributed by atoms with Crippen molar-refractivity contribution < 1.29 is 0 Å². The minimum absolute atomic E-state index is 0.592. The van der Waals surface area contributed by atoms with E-state index in [4.69, 9.17) is 5.73 Å². The maximum absolute atomic E-state index is 5.96. The molecule has 0 spiro atoms. The van der Waals surface area contributed by atoms with E-state index in [1.54, 1.807) is 0 Å². The molecule has 2 rings (SSSR count). The van der Waals surface area contributed by atoms with E-state index in [2.05, 4.69) is 23.8 Å². The van der Waals surface area contributed by atoms with E-state index < -0.39 is 0 Å². The maximum Gasteiger partial charge on any atom is 0.0349 e.